The first-order valence-corrected chi connectivity index (χ1v) is 52.8. The molecule has 2 saturated carbocycles. The number of halogens is 2. The number of alkyl halides is 1. The standard InChI is InChI=1S/C24H30N4O3P2.C14H13BrN4OP2.C14H24BrNO4.C14H25NO5.C14H23NO5.C11H20O2.C4H9.Li/c1-4-16-10-17(22-21(16)30-24(2,3)31-22)18-11-28(14-29-12-15-8-6-5-7-9-15)20-19(18)25-13-26-23(20)27-33-32;15-11-6-19(9-20-7-10-4-2-1-3-5-10)13-12(11)16-8-17-14(13)18-22-21;1-7-8-9-10(19-14(5,6)18-9)11(15)16(8)12(17)20-13(2,3)4;2*1-7-8-9-10(19-14(5,6)18-9)11(16)15(8)12(17)20-13(2,3)4;1-5-8-6-7(2)9-10(8)13-11(3,4)12-9;1-3-4-2;/h5-9,11,13,16-17,21-22H,4,10,12,14,32H2,1-3H3;1-6,8H,7,9,21H2;8-11H,7H2,1-6H3;8-11,16H,7H2,1-6H3;8-10H,7H2,1-6H3;7-10H,5-6H2,1-4H3;1,3-4H2,2H3;/q;;;;;;-1;+1/t16-,17-,21+,22-;;2*8-,9?,10?,11?;8-,9?,10?;7-,8+,9+,10-;;/m0.1111../s1. The van der Waals surface area contributed by atoms with Gasteiger partial charge in [-0.1, -0.05) is 162 Å². The fraction of sp³-hybridized carbons (Fsp3) is 0.695. The third-order valence-electron chi connectivity index (χ3n) is 23.8. The van der Waals surface area contributed by atoms with Gasteiger partial charge in [0.25, 0.3) is 5.91 Å². The van der Waals surface area contributed by atoms with E-state index in [0.717, 1.165) is 84.4 Å². The number of aromatic nitrogens is 6. The molecule has 8 saturated heterocycles. The molecule has 734 valence electrons. The van der Waals surface area contributed by atoms with Crippen LogP contribution in [0.2, 0.25) is 0 Å². The summed E-state index contributed by atoms with van der Waals surface area (Å²) in [5, 5.41) is 10.4. The minimum absolute atomic E-state index is 0. The Morgan fingerprint density at radius 2 is 0.910 bits per heavy atom. The number of hydrogen-bond donors (Lipinski definition) is 1. The van der Waals surface area contributed by atoms with E-state index in [1.54, 1.807) is 66.6 Å². The molecule has 16 rings (SSSR count). The average molecular weight is 2050 g/mol. The first-order chi connectivity index (χ1) is 61.9. The van der Waals surface area contributed by atoms with E-state index < -0.39 is 76.7 Å². The van der Waals surface area contributed by atoms with Crippen LogP contribution in [0.1, 0.15) is 260 Å². The number of imide groups is 1. The number of hydrogen-bond acceptors (Lipinski definition) is 26. The predicted molar refractivity (Wildman–Crippen MR) is 521 cm³/mol. The third-order valence-corrected chi connectivity index (χ3v) is 26.6. The van der Waals surface area contributed by atoms with Gasteiger partial charge in [-0.15, -0.1) is 0 Å². The summed E-state index contributed by atoms with van der Waals surface area (Å²) in [7, 11) is 6.81. The van der Waals surface area contributed by atoms with Crippen LogP contribution in [0.5, 0.6) is 0 Å². The Balaban J connectivity index is 0.000000181. The largest absolute Gasteiger partial charge is 1.00 e. The van der Waals surface area contributed by atoms with Gasteiger partial charge in [-0.3, -0.25) is 14.6 Å². The Bertz CT molecular complexity index is 4790. The molecule has 10 fully saturated rings. The number of carbonyl (C=O) groups excluding carboxylic acids is 4. The zero-order chi connectivity index (χ0) is 97.3. The molecule has 0 radical (unpaired) electrons. The molecule has 0 bridgehead atoms. The number of fused-ring (bicyclic) bond motifs is 7. The molecule has 4 aromatic heterocycles. The molecule has 38 heteroatoms. The Morgan fingerprint density at radius 1 is 0.519 bits per heavy atom. The topological polar surface area (TPSA) is 323 Å². The van der Waals surface area contributed by atoms with E-state index in [0.29, 0.717) is 81.1 Å². The van der Waals surface area contributed by atoms with Crippen molar-refractivity contribution in [1.82, 2.24) is 43.8 Å². The molecule has 21 atom stereocenters. The minimum atomic E-state index is -1.04. The van der Waals surface area contributed by atoms with Crippen molar-refractivity contribution >= 4 is 124 Å². The van der Waals surface area contributed by atoms with Crippen LogP contribution in [0.25, 0.3) is 22.1 Å². The van der Waals surface area contributed by atoms with Crippen molar-refractivity contribution in [1.29, 1.82) is 0 Å². The Labute approximate surface area is 823 Å². The normalized spacial score (nSPS) is 29.1. The number of carbonyl (C=O) groups is 4. The molecule has 8 aliphatic heterocycles. The van der Waals surface area contributed by atoms with Crippen LogP contribution in [-0.2, 0) is 103 Å². The fourth-order valence-electron chi connectivity index (χ4n) is 18.5. The van der Waals surface area contributed by atoms with Gasteiger partial charge in [0.15, 0.2) is 52.9 Å². The van der Waals surface area contributed by atoms with Crippen molar-refractivity contribution in [3.8, 4) is 0 Å². The summed E-state index contributed by atoms with van der Waals surface area (Å²) in [6.45, 7) is 55.6. The Kier molecular flexibility index (Phi) is 39.7. The number of amides is 4. The first-order valence-electron chi connectivity index (χ1n) is 46.2. The van der Waals surface area contributed by atoms with Gasteiger partial charge in [-0.2, -0.15) is 6.42 Å². The first kappa shape index (κ1) is 112. The molecule has 1 N–H and O–H groups in total. The van der Waals surface area contributed by atoms with Crippen LogP contribution in [0, 0.1) is 24.7 Å². The zero-order valence-corrected chi connectivity index (χ0v) is 90.2. The number of likely N-dealkylation sites (tertiary alicyclic amines) is 3. The monoisotopic (exact) mass is 2050 g/mol. The minimum Gasteiger partial charge on any atom is -0.444 e. The maximum Gasteiger partial charge on any atom is 1.00 e. The van der Waals surface area contributed by atoms with Crippen molar-refractivity contribution in [3.63, 3.8) is 0 Å². The molecular formula is C95H144Br2LiN11O20P4. The molecule has 133 heavy (non-hydrogen) atoms. The van der Waals surface area contributed by atoms with Crippen molar-refractivity contribution < 1.29 is 114 Å². The van der Waals surface area contributed by atoms with Crippen LogP contribution >= 0.6 is 65.8 Å². The van der Waals surface area contributed by atoms with Gasteiger partial charge >= 0.3 is 37.1 Å². The Morgan fingerprint density at radius 3 is 1.38 bits per heavy atom. The van der Waals surface area contributed by atoms with E-state index >= 15 is 0 Å². The molecule has 31 nitrogen and oxygen atoms in total. The molecule has 6 aromatic rings. The third kappa shape index (κ3) is 28.4. The number of aliphatic hydroxyl groups excluding tert-OH is 1. The SMILES string of the molecule is CC[C@@H]1C2OC(C)(C)OC2C(=O)N1C(=O)OC(C)(C)C.CC[C@@H]1C2OC(C)(C)OC2C(Br)N1C(=O)OC(C)(C)C.CC[C@@H]1C2OC(C)(C)OC2C(O)N1C(=O)OC(C)(C)C.CC[C@H]1C[C@@H](C)[C@@H]2OC(C)(C)O[C@H]12.CC[C@H]1C[C@@H](c2cn(COCc3ccccc3)c3c(N=PP)ncnc23)[C@@H]2OC(C)(C)O[C@H]12.PP=Nc1ncnc2c(Br)cn(COCc3ccccc3)c12.[CH2-]CCC.[Li+]. The number of benzene rings is 2. The number of nitrogens with zero attached hydrogens (tertiary/aromatic N) is 11. The average Bonchev–Trinajstić information content (AvgIpc) is 1.58. The molecule has 4 amide bonds. The van der Waals surface area contributed by atoms with Crippen LogP contribution in [0.3, 0.4) is 0 Å². The van der Waals surface area contributed by atoms with Crippen LogP contribution < -0.4 is 18.9 Å². The maximum atomic E-state index is 12.4. The second-order valence-corrected chi connectivity index (χ2v) is 43.9. The molecule has 2 aromatic carbocycles. The second kappa shape index (κ2) is 47.2. The van der Waals surface area contributed by atoms with E-state index in [1.807, 2.05) is 156 Å². The zero-order valence-electron chi connectivity index (χ0n) is 82.9. The van der Waals surface area contributed by atoms with Gasteiger partial charge in [-0.05, 0) is 208 Å². The van der Waals surface area contributed by atoms with Gasteiger partial charge in [0.1, 0.15) is 94.9 Å². The predicted octanol–water partition coefficient (Wildman–Crippen LogP) is 19.5. The maximum absolute atomic E-state index is 12.4. The number of rotatable bonds is 17. The van der Waals surface area contributed by atoms with Crippen molar-refractivity contribution in [2.45, 2.75) is 406 Å². The molecular weight excluding hydrogens is 1910 g/mol. The quantitative estimate of drug-likeness (QED) is 0.0221. The van der Waals surface area contributed by atoms with Gasteiger partial charge < -0.3 is 92.2 Å². The smallest absolute Gasteiger partial charge is 0.444 e. The summed E-state index contributed by atoms with van der Waals surface area (Å²) in [6, 6.07) is 19.7. The van der Waals surface area contributed by atoms with E-state index in [4.69, 9.17) is 76.0 Å². The van der Waals surface area contributed by atoms with Crippen molar-refractivity contribution in [3.05, 3.63) is 114 Å². The van der Waals surface area contributed by atoms with Crippen LogP contribution in [0.4, 0.5) is 26.0 Å². The van der Waals surface area contributed by atoms with E-state index in [-0.39, 0.29) is 96.2 Å². The second-order valence-electron chi connectivity index (χ2n) is 39.8. The van der Waals surface area contributed by atoms with Gasteiger partial charge in [0.2, 0.25) is 0 Å². The number of unbranched alkanes of at least 4 members (excludes halogenated alkanes) is 1. The van der Waals surface area contributed by atoms with Gasteiger partial charge in [0.05, 0.1) is 65.7 Å². The summed E-state index contributed by atoms with van der Waals surface area (Å²) in [4.78, 5) is 70.9. The summed E-state index contributed by atoms with van der Waals surface area (Å²) in [5.74, 6) is -0.0320. The fourth-order valence-corrected chi connectivity index (χ4v) is 21.1. The van der Waals surface area contributed by atoms with Gasteiger partial charge in [-0.25, -0.2) is 48.7 Å². The molecule has 0 spiro atoms. The summed E-state index contributed by atoms with van der Waals surface area (Å²) in [6.07, 6.45) is 12.2. The number of aliphatic hydroxyl groups is 1. The summed E-state index contributed by atoms with van der Waals surface area (Å²) < 4.78 is 101. The molecule has 12 heterocycles. The van der Waals surface area contributed by atoms with Crippen molar-refractivity contribution in [2.24, 2.45) is 27.2 Å². The molecule has 10 unspecified atom stereocenters. The van der Waals surface area contributed by atoms with E-state index in [2.05, 4.69) is 132 Å². The Hall–Kier alpha value is -4.74. The summed E-state index contributed by atoms with van der Waals surface area (Å²) in [5.41, 5.74) is 5.23. The van der Waals surface area contributed by atoms with E-state index in [9.17, 15) is 24.3 Å². The number of ether oxygens (including phenoxy) is 15. The molecule has 10 aliphatic rings. The van der Waals surface area contributed by atoms with E-state index in [1.165, 1.54) is 36.1 Å². The van der Waals surface area contributed by atoms with Crippen LogP contribution in [-0.4, -0.2) is 209 Å². The molecule has 2 aliphatic carbocycles. The summed E-state index contributed by atoms with van der Waals surface area (Å²) >= 11 is 7.10. The van der Waals surface area contributed by atoms with Crippen LogP contribution in [0.15, 0.2) is 99.7 Å². The van der Waals surface area contributed by atoms with Gasteiger partial charge in [0, 0.05) is 40.0 Å². The van der Waals surface area contributed by atoms with Crippen molar-refractivity contribution in [2.75, 3.05) is 0 Å².